The molecule has 0 amide bonds. The average Bonchev–Trinajstić information content (AvgIpc) is 2.46. The van der Waals surface area contributed by atoms with Gasteiger partial charge in [-0.25, -0.2) is 8.78 Å². The summed E-state index contributed by atoms with van der Waals surface area (Å²) in [5.74, 6) is -3.13. The number of aliphatic hydroxyl groups is 1. The van der Waals surface area contributed by atoms with Gasteiger partial charge in [-0.05, 0) is 62.9 Å². The van der Waals surface area contributed by atoms with Gasteiger partial charge in [0.25, 0.3) is 5.92 Å². The Bertz CT molecular complexity index is 488. The maximum Gasteiger partial charge on any atom is 0.289 e. The van der Waals surface area contributed by atoms with Gasteiger partial charge in [-0.3, -0.25) is 4.90 Å². The first-order valence-electron chi connectivity index (χ1n) is 6.48. The van der Waals surface area contributed by atoms with Gasteiger partial charge in [-0.15, -0.1) is 0 Å². The summed E-state index contributed by atoms with van der Waals surface area (Å²) in [5.41, 5.74) is 0.419. The Morgan fingerprint density at radius 1 is 1.24 bits per heavy atom. The van der Waals surface area contributed by atoms with Crippen molar-refractivity contribution in [3.8, 4) is 5.75 Å². The van der Waals surface area contributed by atoms with Crippen LogP contribution in [0.3, 0.4) is 0 Å². The number of phenolic OH excluding ortho intramolecular Hbond substituents is 1. The monoisotopic (exact) mass is 524 g/mol. The first-order valence-corrected chi connectivity index (χ1v) is 8.64. The molecular weight excluding hydrogens is 508 g/mol. The van der Waals surface area contributed by atoms with Crippen molar-refractivity contribution in [2.45, 2.75) is 12.0 Å². The summed E-state index contributed by atoms with van der Waals surface area (Å²) in [7, 11) is 0. The third-order valence-electron chi connectivity index (χ3n) is 3.48. The zero-order valence-corrected chi connectivity index (χ0v) is 15.4. The van der Waals surface area contributed by atoms with Crippen molar-refractivity contribution in [3.63, 3.8) is 0 Å². The fraction of sp³-hybridized carbons (Fsp3) is 0.538. The zero-order chi connectivity index (χ0) is 15.6. The number of phenols is 1. The van der Waals surface area contributed by atoms with Crippen LogP contribution in [0.15, 0.2) is 12.1 Å². The van der Waals surface area contributed by atoms with Crippen LogP contribution in [0.2, 0.25) is 0 Å². The highest BCUT2D eigenvalue weighted by Gasteiger charge is 2.44. The Labute approximate surface area is 149 Å². The van der Waals surface area contributed by atoms with Crippen molar-refractivity contribution in [2.24, 2.45) is 0 Å². The Kier molecular flexibility index (Phi) is 6.02. The molecule has 0 spiro atoms. The summed E-state index contributed by atoms with van der Waals surface area (Å²) < 4.78 is 29.6. The molecule has 1 aromatic rings. The average molecular weight is 524 g/mol. The number of rotatable bonds is 4. The van der Waals surface area contributed by atoms with Gasteiger partial charge < -0.3 is 15.5 Å². The van der Waals surface area contributed by atoms with Gasteiger partial charge in [0.05, 0.1) is 7.14 Å². The summed E-state index contributed by atoms with van der Waals surface area (Å²) >= 11 is 3.85. The summed E-state index contributed by atoms with van der Waals surface area (Å²) in [6.45, 7) is 1.08. The minimum absolute atomic E-state index is 0.103. The number of benzene rings is 1. The van der Waals surface area contributed by atoms with Gasteiger partial charge >= 0.3 is 0 Å². The van der Waals surface area contributed by atoms with E-state index in [1.54, 1.807) is 17.0 Å². The highest BCUT2D eigenvalue weighted by Crippen LogP contribution is 2.39. The summed E-state index contributed by atoms with van der Waals surface area (Å²) in [6, 6.07) is 1.94. The molecular formula is C13H16F2I2N2O2. The molecule has 0 saturated carbocycles. The van der Waals surface area contributed by atoms with E-state index in [-0.39, 0.29) is 5.75 Å². The normalized spacial score (nSPS) is 18.7. The first kappa shape index (κ1) is 17.6. The first-order chi connectivity index (χ1) is 9.86. The lowest BCUT2D eigenvalue weighted by molar-refractivity contribution is -0.118. The number of nitrogens with one attached hydrogen (secondary N) is 1. The SMILES string of the molecule is OCC(F)(F)[C@@H](c1cc(I)c(O)c(I)c1)N1CCNCC1. The lowest BCUT2D eigenvalue weighted by atomic mass is 9.98. The van der Waals surface area contributed by atoms with Crippen molar-refractivity contribution in [2.75, 3.05) is 32.8 Å². The smallest absolute Gasteiger partial charge is 0.289 e. The summed E-state index contributed by atoms with van der Waals surface area (Å²) in [5, 5.41) is 22.0. The van der Waals surface area contributed by atoms with Crippen LogP contribution in [-0.2, 0) is 0 Å². The molecule has 1 fully saturated rings. The molecule has 1 aliphatic heterocycles. The molecule has 3 N–H and O–H groups in total. The van der Waals surface area contributed by atoms with E-state index in [4.69, 9.17) is 5.11 Å². The Balaban J connectivity index is 2.44. The predicted octanol–water partition coefficient (Wildman–Crippen LogP) is 2.18. The van der Waals surface area contributed by atoms with Crippen LogP contribution in [0.5, 0.6) is 5.75 Å². The number of alkyl halides is 2. The minimum atomic E-state index is -3.24. The molecule has 8 heteroatoms. The number of piperazine rings is 1. The van der Waals surface area contributed by atoms with Crippen LogP contribution in [0.25, 0.3) is 0 Å². The largest absolute Gasteiger partial charge is 0.506 e. The predicted molar refractivity (Wildman–Crippen MR) is 92.8 cm³/mol. The molecule has 0 aromatic heterocycles. The van der Waals surface area contributed by atoms with E-state index in [0.717, 1.165) is 0 Å². The van der Waals surface area contributed by atoms with Crippen molar-refractivity contribution in [1.82, 2.24) is 10.2 Å². The number of nitrogens with zero attached hydrogens (tertiary/aromatic N) is 1. The molecule has 0 aliphatic carbocycles. The topological polar surface area (TPSA) is 55.7 Å². The molecule has 2 rings (SSSR count). The number of aliphatic hydroxyl groups excluding tert-OH is 1. The highest BCUT2D eigenvalue weighted by atomic mass is 127. The van der Waals surface area contributed by atoms with E-state index >= 15 is 0 Å². The zero-order valence-electron chi connectivity index (χ0n) is 11.1. The van der Waals surface area contributed by atoms with E-state index in [1.165, 1.54) is 0 Å². The molecule has 118 valence electrons. The van der Waals surface area contributed by atoms with Crippen LogP contribution < -0.4 is 5.32 Å². The fourth-order valence-corrected chi connectivity index (χ4v) is 4.31. The van der Waals surface area contributed by atoms with Crippen LogP contribution in [0, 0.1) is 7.14 Å². The second-order valence-corrected chi connectivity index (χ2v) is 7.27. The second-order valence-electron chi connectivity index (χ2n) is 4.94. The number of hydrogen-bond donors (Lipinski definition) is 3. The van der Waals surface area contributed by atoms with E-state index in [0.29, 0.717) is 38.9 Å². The van der Waals surface area contributed by atoms with Crippen molar-refractivity contribution >= 4 is 45.2 Å². The molecule has 1 aromatic carbocycles. The summed E-state index contributed by atoms with van der Waals surface area (Å²) in [4.78, 5) is 1.69. The molecule has 1 saturated heterocycles. The Morgan fingerprint density at radius 3 is 2.24 bits per heavy atom. The standard InChI is InChI=1S/C13H16F2I2N2O2/c14-13(15,7-20)12(19-3-1-18-2-4-19)8-5-9(16)11(21)10(17)6-8/h5-6,12,18,20-21H,1-4,7H2/t12-/m1/s1. The quantitative estimate of drug-likeness (QED) is 0.530. The summed E-state index contributed by atoms with van der Waals surface area (Å²) in [6.07, 6.45) is 0. The van der Waals surface area contributed by atoms with Crippen LogP contribution >= 0.6 is 45.2 Å². The van der Waals surface area contributed by atoms with Gasteiger partial charge in [0, 0.05) is 26.2 Å². The van der Waals surface area contributed by atoms with Gasteiger partial charge in [0.2, 0.25) is 0 Å². The molecule has 0 unspecified atom stereocenters. The van der Waals surface area contributed by atoms with E-state index in [1.807, 2.05) is 45.2 Å². The lowest BCUT2D eigenvalue weighted by Crippen LogP contribution is -2.51. The van der Waals surface area contributed by atoms with E-state index in [2.05, 4.69) is 5.32 Å². The minimum Gasteiger partial charge on any atom is -0.506 e. The third kappa shape index (κ3) is 3.95. The molecule has 0 radical (unpaired) electrons. The lowest BCUT2D eigenvalue weighted by Gasteiger charge is -2.39. The molecule has 4 nitrogen and oxygen atoms in total. The third-order valence-corrected chi connectivity index (χ3v) is 5.13. The number of hydrogen-bond acceptors (Lipinski definition) is 4. The van der Waals surface area contributed by atoms with Crippen molar-refractivity contribution in [3.05, 3.63) is 24.8 Å². The number of aromatic hydroxyl groups is 1. The molecule has 1 atom stereocenters. The van der Waals surface area contributed by atoms with Crippen molar-refractivity contribution < 1.29 is 19.0 Å². The van der Waals surface area contributed by atoms with Crippen LogP contribution in [0.4, 0.5) is 8.78 Å². The molecule has 21 heavy (non-hydrogen) atoms. The van der Waals surface area contributed by atoms with E-state index in [9.17, 15) is 13.9 Å². The van der Waals surface area contributed by atoms with E-state index < -0.39 is 18.6 Å². The van der Waals surface area contributed by atoms with Crippen LogP contribution in [0.1, 0.15) is 11.6 Å². The number of halogens is 4. The Morgan fingerprint density at radius 2 is 1.76 bits per heavy atom. The molecule has 1 heterocycles. The Hall–Kier alpha value is 0.220. The van der Waals surface area contributed by atoms with Gasteiger partial charge in [0.1, 0.15) is 18.4 Å². The molecule has 0 bridgehead atoms. The van der Waals surface area contributed by atoms with Gasteiger partial charge in [-0.2, -0.15) is 0 Å². The maximum absolute atomic E-state index is 14.3. The van der Waals surface area contributed by atoms with Crippen molar-refractivity contribution in [1.29, 1.82) is 0 Å². The van der Waals surface area contributed by atoms with Gasteiger partial charge in [0.15, 0.2) is 0 Å². The maximum atomic E-state index is 14.3. The molecule has 1 aliphatic rings. The van der Waals surface area contributed by atoms with Crippen LogP contribution in [-0.4, -0.2) is 53.8 Å². The fourth-order valence-electron chi connectivity index (χ4n) is 2.49. The second kappa shape index (κ2) is 7.20. The van der Waals surface area contributed by atoms with Gasteiger partial charge in [-0.1, -0.05) is 0 Å². The highest BCUT2D eigenvalue weighted by molar-refractivity contribution is 14.1.